The molecule has 1 unspecified atom stereocenters. The maximum absolute atomic E-state index is 14.0. The molecule has 1 saturated heterocycles. The van der Waals surface area contributed by atoms with Crippen molar-refractivity contribution in [3.05, 3.63) is 23.6 Å². The van der Waals surface area contributed by atoms with Crippen LogP contribution < -0.4 is 4.90 Å². The fraction of sp³-hybridized carbons (Fsp3) is 0.615. The highest BCUT2D eigenvalue weighted by atomic mass is 19.1. The summed E-state index contributed by atoms with van der Waals surface area (Å²) >= 11 is 0. The van der Waals surface area contributed by atoms with Gasteiger partial charge in [0, 0.05) is 31.9 Å². The van der Waals surface area contributed by atoms with Gasteiger partial charge in [-0.1, -0.05) is 0 Å². The van der Waals surface area contributed by atoms with Crippen molar-refractivity contribution in [2.45, 2.75) is 13.0 Å². The van der Waals surface area contributed by atoms with Crippen LogP contribution in [-0.4, -0.2) is 48.7 Å². The summed E-state index contributed by atoms with van der Waals surface area (Å²) in [4.78, 5) is 8.20. The number of likely N-dealkylation sites (tertiary alicyclic amines) is 1. The average Bonchev–Trinajstić information content (AvgIpc) is 2.75. The summed E-state index contributed by atoms with van der Waals surface area (Å²) in [5.74, 6) is 0.476. The monoisotopic (exact) mass is 253 g/mol. The van der Waals surface area contributed by atoms with Crippen LogP contribution >= 0.6 is 0 Å². The predicted octanol–water partition coefficient (Wildman–Crippen LogP) is 1.10. The van der Waals surface area contributed by atoms with E-state index in [0.717, 1.165) is 26.1 Å². The van der Waals surface area contributed by atoms with Crippen LogP contribution in [0.25, 0.3) is 0 Å². The van der Waals surface area contributed by atoms with E-state index in [2.05, 4.69) is 16.9 Å². The molecule has 1 aromatic heterocycles. The van der Waals surface area contributed by atoms with Gasteiger partial charge in [-0.2, -0.15) is 0 Å². The van der Waals surface area contributed by atoms with Crippen LogP contribution in [-0.2, 0) is 6.61 Å². The fourth-order valence-corrected chi connectivity index (χ4v) is 2.51. The molecule has 5 heteroatoms. The maximum atomic E-state index is 14.0. The highest BCUT2D eigenvalue weighted by molar-refractivity contribution is 5.42. The van der Waals surface area contributed by atoms with Gasteiger partial charge in [0.1, 0.15) is 0 Å². The number of rotatable bonds is 4. The normalized spacial score (nSPS) is 20.3. The summed E-state index contributed by atoms with van der Waals surface area (Å²) in [6.07, 6.45) is 2.68. The molecule has 1 aliphatic heterocycles. The Labute approximate surface area is 107 Å². The van der Waals surface area contributed by atoms with E-state index in [1.165, 1.54) is 6.07 Å². The molecule has 2 heterocycles. The number of hydrogen-bond donors (Lipinski definition) is 1. The van der Waals surface area contributed by atoms with Crippen molar-refractivity contribution in [2.75, 3.05) is 38.6 Å². The predicted molar refractivity (Wildman–Crippen MR) is 69.0 cm³/mol. The molecule has 2 rings (SSSR count). The van der Waals surface area contributed by atoms with E-state index in [9.17, 15) is 4.39 Å². The number of halogens is 1. The van der Waals surface area contributed by atoms with Gasteiger partial charge in [-0.25, -0.2) is 9.37 Å². The third-order valence-corrected chi connectivity index (χ3v) is 3.50. The highest BCUT2D eigenvalue weighted by Crippen LogP contribution is 2.22. The first-order valence-electron chi connectivity index (χ1n) is 6.25. The van der Waals surface area contributed by atoms with Gasteiger partial charge >= 0.3 is 0 Å². The first-order chi connectivity index (χ1) is 8.61. The van der Waals surface area contributed by atoms with Crippen LogP contribution in [0.4, 0.5) is 10.2 Å². The van der Waals surface area contributed by atoms with Crippen LogP contribution in [0.5, 0.6) is 0 Å². The summed E-state index contributed by atoms with van der Waals surface area (Å²) < 4.78 is 14.0. The quantitative estimate of drug-likeness (QED) is 0.872. The van der Waals surface area contributed by atoms with Crippen molar-refractivity contribution in [2.24, 2.45) is 5.92 Å². The van der Waals surface area contributed by atoms with Crippen LogP contribution in [0.1, 0.15) is 12.0 Å². The van der Waals surface area contributed by atoms with E-state index in [1.54, 1.807) is 6.20 Å². The average molecular weight is 253 g/mol. The van der Waals surface area contributed by atoms with Crippen molar-refractivity contribution in [1.29, 1.82) is 0 Å². The molecule has 0 bridgehead atoms. The molecule has 1 N–H and O–H groups in total. The molecular weight excluding hydrogens is 233 g/mol. The Bertz CT molecular complexity index is 413. The van der Waals surface area contributed by atoms with Gasteiger partial charge in [-0.3, -0.25) is 0 Å². The number of aliphatic hydroxyl groups is 1. The van der Waals surface area contributed by atoms with Crippen molar-refractivity contribution in [1.82, 2.24) is 9.88 Å². The Morgan fingerprint density at radius 1 is 1.61 bits per heavy atom. The number of aliphatic hydroxyl groups excluding tert-OH is 1. The third kappa shape index (κ3) is 2.79. The minimum absolute atomic E-state index is 0.290. The smallest absolute Gasteiger partial charge is 0.171 e. The van der Waals surface area contributed by atoms with Gasteiger partial charge in [-0.05, 0) is 32.0 Å². The fourth-order valence-electron chi connectivity index (χ4n) is 2.51. The summed E-state index contributed by atoms with van der Waals surface area (Å²) in [5.41, 5.74) is 0.301. The van der Waals surface area contributed by atoms with E-state index in [-0.39, 0.29) is 6.61 Å². The Kier molecular flexibility index (Phi) is 4.14. The second kappa shape index (κ2) is 5.63. The summed E-state index contributed by atoms with van der Waals surface area (Å²) in [6, 6.07) is 1.51. The van der Waals surface area contributed by atoms with Crippen LogP contribution in [0.2, 0.25) is 0 Å². The van der Waals surface area contributed by atoms with Gasteiger partial charge < -0.3 is 14.9 Å². The molecule has 4 nitrogen and oxygen atoms in total. The van der Waals surface area contributed by atoms with Crippen molar-refractivity contribution in [3.63, 3.8) is 0 Å². The van der Waals surface area contributed by atoms with Gasteiger partial charge in [0.2, 0.25) is 0 Å². The Morgan fingerprint density at radius 3 is 3.00 bits per heavy atom. The highest BCUT2D eigenvalue weighted by Gasteiger charge is 2.22. The summed E-state index contributed by atoms with van der Waals surface area (Å²) in [5, 5.41) is 9.05. The second-order valence-corrected chi connectivity index (χ2v) is 5.06. The molecule has 0 amide bonds. The molecular formula is C13H20FN3O. The molecule has 18 heavy (non-hydrogen) atoms. The lowest BCUT2D eigenvalue weighted by Gasteiger charge is -2.23. The second-order valence-electron chi connectivity index (χ2n) is 5.06. The lowest BCUT2D eigenvalue weighted by Crippen LogP contribution is -2.28. The van der Waals surface area contributed by atoms with Crippen molar-refractivity contribution >= 4 is 5.82 Å². The molecule has 0 radical (unpaired) electrons. The zero-order valence-corrected chi connectivity index (χ0v) is 10.9. The van der Waals surface area contributed by atoms with Gasteiger partial charge in [0.25, 0.3) is 0 Å². The Hall–Kier alpha value is -1.20. The lowest BCUT2D eigenvalue weighted by molar-refractivity contribution is 0.275. The van der Waals surface area contributed by atoms with Crippen molar-refractivity contribution < 1.29 is 9.50 Å². The Balaban J connectivity index is 2.06. The number of aromatic nitrogens is 1. The van der Waals surface area contributed by atoms with E-state index in [1.807, 2.05) is 11.9 Å². The SMILES string of the molecule is CN1CCC(CN(C)c2nccc(CO)c2F)C1. The summed E-state index contributed by atoms with van der Waals surface area (Å²) in [6.45, 7) is 2.65. The van der Waals surface area contributed by atoms with Gasteiger partial charge in [-0.15, -0.1) is 0 Å². The maximum Gasteiger partial charge on any atom is 0.171 e. The topological polar surface area (TPSA) is 39.6 Å². The number of nitrogens with zero attached hydrogens (tertiary/aromatic N) is 3. The van der Waals surface area contributed by atoms with Crippen LogP contribution in [0.15, 0.2) is 12.3 Å². The Morgan fingerprint density at radius 2 is 2.39 bits per heavy atom. The molecule has 0 spiro atoms. The summed E-state index contributed by atoms with van der Waals surface area (Å²) in [7, 11) is 3.95. The van der Waals surface area contributed by atoms with Crippen LogP contribution in [0, 0.1) is 11.7 Å². The third-order valence-electron chi connectivity index (χ3n) is 3.50. The molecule has 1 atom stereocenters. The standard InChI is InChI=1S/C13H20FN3O/c1-16-6-4-10(7-16)8-17(2)13-12(14)11(9-18)3-5-15-13/h3,5,10,18H,4,6-9H2,1-2H3. The van der Waals surface area contributed by atoms with E-state index in [4.69, 9.17) is 5.11 Å². The van der Waals surface area contributed by atoms with Crippen LogP contribution in [0.3, 0.4) is 0 Å². The van der Waals surface area contributed by atoms with Gasteiger partial charge in [0.05, 0.1) is 6.61 Å². The molecule has 1 aromatic rings. The van der Waals surface area contributed by atoms with Crippen molar-refractivity contribution in [3.8, 4) is 0 Å². The molecule has 0 aliphatic carbocycles. The lowest BCUT2D eigenvalue weighted by atomic mass is 10.1. The molecule has 0 aromatic carbocycles. The van der Waals surface area contributed by atoms with E-state index in [0.29, 0.717) is 17.3 Å². The minimum atomic E-state index is -0.408. The number of pyridine rings is 1. The largest absolute Gasteiger partial charge is 0.392 e. The molecule has 1 fully saturated rings. The minimum Gasteiger partial charge on any atom is -0.392 e. The first kappa shape index (κ1) is 13.2. The van der Waals surface area contributed by atoms with E-state index < -0.39 is 5.82 Å². The molecule has 100 valence electrons. The zero-order valence-electron chi connectivity index (χ0n) is 10.9. The van der Waals surface area contributed by atoms with Gasteiger partial charge in [0.15, 0.2) is 11.6 Å². The zero-order chi connectivity index (χ0) is 13.1. The first-order valence-corrected chi connectivity index (χ1v) is 6.25. The molecule has 1 aliphatic rings. The number of anilines is 1. The van der Waals surface area contributed by atoms with E-state index >= 15 is 0 Å². The number of hydrogen-bond acceptors (Lipinski definition) is 4. The molecule has 0 saturated carbocycles.